The molecule has 1 aliphatic carbocycles. The van der Waals surface area contributed by atoms with E-state index in [9.17, 15) is 9.90 Å². The molecule has 2 aliphatic rings. The van der Waals surface area contributed by atoms with Crippen LogP contribution in [-0.4, -0.2) is 36.3 Å². The molecule has 0 amide bonds. The van der Waals surface area contributed by atoms with E-state index in [1.807, 2.05) is 11.9 Å². The summed E-state index contributed by atoms with van der Waals surface area (Å²) in [5.74, 6) is 1.37. The second kappa shape index (κ2) is 8.87. The minimum Gasteiger partial charge on any atom is -0.493 e. The summed E-state index contributed by atoms with van der Waals surface area (Å²) in [4.78, 5) is 17.8. The van der Waals surface area contributed by atoms with Crippen molar-refractivity contribution >= 4 is 11.8 Å². The Labute approximate surface area is 194 Å². The highest BCUT2D eigenvalue weighted by Gasteiger charge is 2.25. The minimum atomic E-state index is -0.951. The summed E-state index contributed by atoms with van der Waals surface area (Å²) in [6.07, 6.45) is 5.00. The van der Waals surface area contributed by atoms with Crippen LogP contribution in [0.1, 0.15) is 46.1 Å². The summed E-state index contributed by atoms with van der Waals surface area (Å²) in [7, 11) is 1.94. The fraction of sp³-hybridized carbons (Fsp3) is 0.333. The lowest BCUT2D eigenvalue weighted by Gasteiger charge is -2.35. The molecule has 1 fully saturated rings. The van der Waals surface area contributed by atoms with Crippen molar-refractivity contribution in [2.24, 2.45) is 5.92 Å². The molecular formula is C27H29N3O3. The molecule has 1 saturated carbocycles. The zero-order valence-electron chi connectivity index (χ0n) is 19.0. The van der Waals surface area contributed by atoms with E-state index in [1.165, 1.54) is 46.7 Å². The fourth-order valence-corrected chi connectivity index (χ4v) is 4.48. The van der Waals surface area contributed by atoms with Gasteiger partial charge in [-0.1, -0.05) is 24.3 Å². The third kappa shape index (κ3) is 4.57. The van der Waals surface area contributed by atoms with Gasteiger partial charge in [0.05, 0.1) is 12.2 Å². The number of hydrogen-bond acceptors (Lipinski definition) is 5. The number of nitrogens with one attached hydrogen (secondary N) is 1. The van der Waals surface area contributed by atoms with E-state index in [-0.39, 0.29) is 11.7 Å². The van der Waals surface area contributed by atoms with Crippen molar-refractivity contribution in [3.8, 4) is 16.9 Å². The van der Waals surface area contributed by atoms with Gasteiger partial charge in [0.25, 0.3) is 0 Å². The normalized spacial score (nSPS) is 17.3. The van der Waals surface area contributed by atoms with Crippen molar-refractivity contribution in [2.45, 2.75) is 32.4 Å². The number of carboxylic acids is 1. The largest absolute Gasteiger partial charge is 0.493 e. The molecule has 3 aromatic rings. The lowest BCUT2D eigenvalue weighted by atomic mass is 9.91. The van der Waals surface area contributed by atoms with Gasteiger partial charge in [-0.15, -0.1) is 0 Å². The van der Waals surface area contributed by atoms with E-state index >= 15 is 0 Å². The molecule has 6 nitrogen and oxygen atoms in total. The van der Waals surface area contributed by atoms with E-state index in [0.717, 1.165) is 31.2 Å². The van der Waals surface area contributed by atoms with Crippen molar-refractivity contribution in [2.75, 3.05) is 25.1 Å². The van der Waals surface area contributed by atoms with Crippen LogP contribution in [0.25, 0.3) is 11.1 Å². The molecule has 0 saturated heterocycles. The number of fused-ring (bicyclic) bond motifs is 1. The van der Waals surface area contributed by atoms with Crippen molar-refractivity contribution in [1.82, 2.24) is 10.3 Å². The second-order valence-corrected chi connectivity index (χ2v) is 9.07. The Morgan fingerprint density at radius 3 is 2.79 bits per heavy atom. The molecule has 6 heteroatoms. The number of benzene rings is 2. The van der Waals surface area contributed by atoms with Gasteiger partial charge in [-0.3, -0.25) is 5.32 Å². The lowest BCUT2D eigenvalue weighted by Crippen LogP contribution is -2.41. The van der Waals surface area contributed by atoms with Crippen LogP contribution in [-0.2, 0) is 6.42 Å². The Morgan fingerprint density at radius 1 is 1.18 bits per heavy atom. The van der Waals surface area contributed by atoms with Gasteiger partial charge in [-0.25, -0.2) is 9.78 Å². The quantitative estimate of drug-likeness (QED) is 0.545. The summed E-state index contributed by atoms with van der Waals surface area (Å²) < 4.78 is 5.94. The maximum Gasteiger partial charge on any atom is 0.335 e. The summed E-state index contributed by atoms with van der Waals surface area (Å²) >= 11 is 0. The van der Waals surface area contributed by atoms with Gasteiger partial charge in [0.15, 0.2) is 0 Å². The van der Waals surface area contributed by atoms with Gasteiger partial charge in [0.2, 0.25) is 0 Å². The third-order valence-electron chi connectivity index (χ3n) is 6.60. The average molecular weight is 444 g/mol. The van der Waals surface area contributed by atoms with Crippen LogP contribution in [0.2, 0.25) is 0 Å². The lowest BCUT2D eigenvalue weighted by molar-refractivity contribution is 0.0696. The van der Waals surface area contributed by atoms with Gasteiger partial charge >= 0.3 is 5.97 Å². The highest BCUT2D eigenvalue weighted by Crippen LogP contribution is 2.34. The van der Waals surface area contributed by atoms with Gasteiger partial charge in [-0.2, -0.15) is 0 Å². The number of anilines is 1. The molecule has 1 atom stereocenters. The Hall–Kier alpha value is -3.38. The topological polar surface area (TPSA) is 74.7 Å². The summed E-state index contributed by atoms with van der Waals surface area (Å²) in [6.45, 7) is 3.80. The highest BCUT2D eigenvalue weighted by molar-refractivity contribution is 5.88. The minimum absolute atomic E-state index is 0.0707. The maximum atomic E-state index is 11.4. The summed E-state index contributed by atoms with van der Waals surface area (Å²) in [5, 5.41) is 12.9. The first-order chi connectivity index (χ1) is 16.0. The smallest absolute Gasteiger partial charge is 0.335 e. The van der Waals surface area contributed by atoms with Crippen LogP contribution in [0.3, 0.4) is 0 Å². The van der Waals surface area contributed by atoms with Gasteiger partial charge in [-0.05, 0) is 84.2 Å². The number of aromatic carboxylic acids is 1. The number of aryl methyl sites for hydroxylation is 1. The zero-order valence-corrected chi connectivity index (χ0v) is 19.0. The molecule has 1 aliphatic heterocycles. The second-order valence-electron chi connectivity index (χ2n) is 9.07. The zero-order chi connectivity index (χ0) is 22.9. The van der Waals surface area contributed by atoms with E-state index in [2.05, 4.69) is 53.6 Å². The maximum absolute atomic E-state index is 11.4. The monoisotopic (exact) mass is 443 g/mol. The van der Waals surface area contributed by atoms with Crippen molar-refractivity contribution in [3.05, 3.63) is 77.0 Å². The molecule has 0 unspecified atom stereocenters. The summed E-state index contributed by atoms with van der Waals surface area (Å²) in [5.41, 5.74) is 6.35. The molecule has 0 spiro atoms. The van der Waals surface area contributed by atoms with E-state index in [1.54, 1.807) is 12.3 Å². The number of pyridine rings is 1. The Morgan fingerprint density at radius 2 is 2.03 bits per heavy atom. The number of hydrogen-bond donors (Lipinski definition) is 2. The van der Waals surface area contributed by atoms with Crippen LogP contribution in [0.5, 0.6) is 5.75 Å². The van der Waals surface area contributed by atoms with Crippen LogP contribution in [0.4, 0.5) is 5.82 Å². The molecular weight excluding hydrogens is 414 g/mol. The number of ether oxygens (including phenoxy) is 1. The summed E-state index contributed by atoms with van der Waals surface area (Å²) in [6, 6.07) is 16.1. The first-order valence-electron chi connectivity index (χ1n) is 11.5. The Kier molecular flexibility index (Phi) is 5.77. The first-order valence-corrected chi connectivity index (χ1v) is 11.5. The van der Waals surface area contributed by atoms with Crippen LogP contribution in [0, 0.1) is 12.8 Å². The number of carboxylic acid groups (broad SMARTS) is 1. The SMILES string of the molecule is Cc1cc(OCC2CC2)ccc1-c1ccc2c(c1)CCN[C@@H]2N(C)c1cc(C(=O)O)ccn1. The predicted molar refractivity (Wildman–Crippen MR) is 129 cm³/mol. The number of nitrogens with zero attached hydrogens (tertiary/aromatic N) is 2. The number of carbonyl (C=O) groups is 1. The van der Waals surface area contributed by atoms with Crippen molar-refractivity contribution in [3.63, 3.8) is 0 Å². The van der Waals surface area contributed by atoms with Gasteiger partial charge < -0.3 is 14.7 Å². The van der Waals surface area contributed by atoms with Crippen LogP contribution >= 0.6 is 0 Å². The number of aromatic nitrogens is 1. The highest BCUT2D eigenvalue weighted by atomic mass is 16.5. The fourth-order valence-electron chi connectivity index (χ4n) is 4.48. The Balaban J connectivity index is 1.39. The molecule has 1 aromatic heterocycles. The van der Waals surface area contributed by atoms with E-state index in [4.69, 9.17) is 4.74 Å². The molecule has 2 N–H and O–H groups in total. The molecule has 2 heterocycles. The molecule has 5 rings (SSSR count). The van der Waals surface area contributed by atoms with Crippen LogP contribution < -0.4 is 15.0 Å². The van der Waals surface area contributed by atoms with E-state index in [0.29, 0.717) is 5.82 Å². The number of rotatable bonds is 7. The van der Waals surface area contributed by atoms with E-state index < -0.39 is 5.97 Å². The molecule has 170 valence electrons. The molecule has 0 bridgehead atoms. The third-order valence-corrected chi connectivity index (χ3v) is 6.60. The average Bonchev–Trinajstić information content (AvgIpc) is 3.66. The standard InChI is InChI=1S/C27H29N3O3/c1-17-13-22(33-16-18-3-4-18)6-8-23(17)19-5-7-24-20(14-19)9-12-29-26(24)30(2)25-15-21(27(31)32)10-11-28-25/h5-8,10-11,13-15,18,26,29H,3-4,9,12,16H2,1-2H3,(H,31,32)/t26-/m1/s1. The van der Waals surface area contributed by atoms with Gasteiger partial charge in [0, 0.05) is 19.8 Å². The van der Waals surface area contributed by atoms with Crippen molar-refractivity contribution in [1.29, 1.82) is 0 Å². The Bertz CT molecular complexity index is 1190. The first kappa shape index (κ1) is 21.5. The van der Waals surface area contributed by atoms with Crippen LogP contribution in [0.15, 0.2) is 54.7 Å². The molecule has 2 aromatic carbocycles. The molecule has 33 heavy (non-hydrogen) atoms. The predicted octanol–water partition coefficient (Wildman–Crippen LogP) is 4.82. The van der Waals surface area contributed by atoms with Gasteiger partial charge in [0.1, 0.15) is 17.7 Å². The molecule has 0 radical (unpaired) electrons. The van der Waals surface area contributed by atoms with Crippen molar-refractivity contribution < 1.29 is 14.6 Å².